The van der Waals surface area contributed by atoms with E-state index in [1.165, 1.54) is 11.3 Å². The van der Waals surface area contributed by atoms with Crippen LogP contribution in [0.3, 0.4) is 0 Å². The van der Waals surface area contributed by atoms with E-state index in [0.717, 1.165) is 37.1 Å². The number of anilines is 6. The molecule has 0 amide bonds. The van der Waals surface area contributed by atoms with Gasteiger partial charge >= 0.3 is 0 Å². The molecule has 11 heteroatoms. The first-order valence-electron chi connectivity index (χ1n) is 12.0. The zero-order valence-electron chi connectivity index (χ0n) is 19.6. The Kier molecular flexibility index (Phi) is 4.97. The molecule has 0 aliphatic carbocycles. The minimum Gasteiger partial charge on any atom is -0.367 e. The van der Waals surface area contributed by atoms with Gasteiger partial charge in [0.05, 0.1) is 40.3 Å². The third kappa shape index (κ3) is 3.37. The first-order chi connectivity index (χ1) is 17.6. The Morgan fingerprint density at radius 3 is 2.67 bits per heavy atom. The van der Waals surface area contributed by atoms with E-state index in [-0.39, 0.29) is 17.3 Å². The van der Waals surface area contributed by atoms with Gasteiger partial charge in [-0.25, -0.2) is 13.1 Å². The molecule has 2 aromatic heterocycles. The van der Waals surface area contributed by atoms with E-state index >= 15 is 8.78 Å². The quantitative estimate of drug-likeness (QED) is 0.383. The Balaban J connectivity index is 1.24. The van der Waals surface area contributed by atoms with E-state index in [2.05, 4.69) is 47.0 Å². The number of hydrogen-bond acceptors (Lipinski definition) is 8. The fourth-order valence-corrected chi connectivity index (χ4v) is 6.24. The van der Waals surface area contributed by atoms with Crippen LogP contribution in [0.5, 0.6) is 0 Å². The lowest BCUT2D eigenvalue weighted by molar-refractivity contribution is 0.311. The molecule has 3 aliphatic rings. The van der Waals surface area contributed by atoms with E-state index in [1.807, 2.05) is 18.0 Å². The third-order valence-electron chi connectivity index (χ3n) is 7.07. The molecule has 2 aromatic carbocycles. The van der Waals surface area contributed by atoms with Gasteiger partial charge in [0.25, 0.3) is 0 Å². The first-order valence-corrected chi connectivity index (χ1v) is 12.7. The van der Waals surface area contributed by atoms with E-state index in [0.29, 0.717) is 24.6 Å². The summed E-state index contributed by atoms with van der Waals surface area (Å²) in [6.45, 7) is 3.87. The highest BCUT2D eigenvalue weighted by Crippen LogP contribution is 2.53. The molecule has 1 saturated heterocycles. The van der Waals surface area contributed by atoms with Crippen molar-refractivity contribution in [1.82, 2.24) is 19.9 Å². The van der Waals surface area contributed by atoms with Crippen molar-refractivity contribution in [1.29, 1.82) is 0 Å². The van der Waals surface area contributed by atoms with Crippen LogP contribution in [-0.2, 0) is 6.42 Å². The highest BCUT2D eigenvalue weighted by Gasteiger charge is 2.36. The van der Waals surface area contributed by atoms with Gasteiger partial charge in [-0.05, 0) is 43.3 Å². The number of halogens is 2. The zero-order chi connectivity index (χ0) is 24.4. The lowest BCUT2D eigenvalue weighted by atomic mass is 10.1. The molecule has 1 fully saturated rings. The smallest absolute Gasteiger partial charge is 0.231 e. The van der Waals surface area contributed by atoms with Crippen LogP contribution in [0.4, 0.5) is 43.3 Å². The summed E-state index contributed by atoms with van der Waals surface area (Å²) in [6, 6.07) is 11.4. The number of aromatic nitrogens is 3. The summed E-state index contributed by atoms with van der Waals surface area (Å²) in [5.41, 5.74) is 4.50. The molecule has 0 radical (unpaired) electrons. The maximum absolute atomic E-state index is 15.2. The predicted molar refractivity (Wildman–Crippen MR) is 140 cm³/mol. The minimum absolute atomic E-state index is 0.00161. The number of likely N-dealkylation sites (N-methyl/N-ethyl adjacent to an activating group) is 1. The maximum atomic E-state index is 15.2. The maximum Gasteiger partial charge on any atom is 0.231 e. The monoisotopic (exact) mass is 506 g/mol. The summed E-state index contributed by atoms with van der Waals surface area (Å²) < 4.78 is 34.6. The van der Waals surface area contributed by atoms with Crippen molar-refractivity contribution in [2.75, 3.05) is 58.6 Å². The second-order valence-corrected chi connectivity index (χ2v) is 10.3. The van der Waals surface area contributed by atoms with Crippen LogP contribution in [0, 0.1) is 11.6 Å². The number of fused-ring (bicyclic) bond motifs is 1. The van der Waals surface area contributed by atoms with Gasteiger partial charge in [0.15, 0.2) is 17.5 Å². The zero-order valence-corrected chi connectivity index (χ0v) is 20.4. The molecule has 0 saturated carbocycles. The molecule has 2 N–H and O–H groups in total. The molecule has 0 spiro atoms. The average Bonchev–Trinajstić information content (AvgIpc) is 3.62. The average molecular weight is 507 g/mol. The number of para-hydroxylation sites is 1. The van der Waals surface area contributed by atoms with Crippen LogP contribution in [0.1, 0.15) is 5.56 Å². The van der Waals surface area contributed by atoms with Crippen LogP contribution in [-0.4, -0.2) is 59.6 Å². The number of nitrogens with one attached hydrogen (secondary N) is 2. The van der Waals surface area contributed by atoms with Crippen LogP contribution >= 0.6 is 12.1 Å². The fourth-order valence-electron chi connectivity index (χ4n) is 5.13. The molecule has 7 rings (SSSR count). The van der Waals surface area contributed by atoms with Crippen LogP contribution in [0.15, 0.2) is 42.6 Å². The van der Waals surface area contributed by atoms with E-state index in [4.69, 9.17) is 4.98 Å². The number of hydrogen-bond donors (Lipinski definition) is 2. The van der Waals surface area contributed by atoms with Gasteiger partial charge in [-0.3, -0.25) is 4.31 Å². The summed E-state index contributed by atoms with van der Waals surface area (Å²) in [4.78, 5) is 16.5. The van der Waals surface area contributed by atoms with Crippen LogP contribution in [0.2, 0.25) is 0 Å². The van der Waals surface area contributed by atoms with E-state index < -0.39 is 11.6 Å². The predicted octanol–water partition coefficient (Wildman–Crippen LogP) is 4.81. The summed E-state index contributed by atoms with van der Waals surface area (Å²) >= 11 is 1.59. The molecule has 0 atom stereocenters. The normalized spacial score (nSPS) is 17.4. The third-order valence-corrected chi connectivity index (χ3v) is 8.17. The summed E-state index contributed by atoms with van der Waals surface area (Å²) in [6.07, 6.45) is 2.83. The number of benzene rings is 2. The molecule has 184 valence electrons. The molecule has 3 aliphatic heterocycles. The van der Waals surface area contributed by atoms with Gasteiger partial charge in [-0.1, -0.05) is 12.1 Å². The highest BCUT2D eigenvalue weighted by molar-refractivity contribution is 8.02. The van der Waals surface area contributed by atoms with Crippen molar-refractivity contribution in [3.8, 4) is 0 Å². The molecule has 8 nitrogen and oxygen atoms in total. The Bertz CT molecular complexity index is 1480. The van der Waals surface area contributed by atoms with Crippen molar-refractivity contribution in [2.45, 2.75) is 6.42 Å². The van der Waals surface area contributed by atoms with Crippen molar-refractivity contribution in [3.05, 3.63) is 59.8 Å². The molecule has 4 aromatic rings. The summed E-state index contributed by atoms with van der Waals surface area (Å²) in [5, 5.41) is 3.77. The number of nitrogens with zero attached hydrogens (tertiary/aromatic N) is 6. The molecule has 36 heavy (non-hydrogen) atoms. The van der Waals surface area contributed by atoms with Crippen molar-refractivity contribution in [2.24, 2.45) is 0 Å². The molecule has 0 unspecified atom stereocenters. The van der Waals surface area contributed by atoms with Crippen LogP contribution < -0.4 is 18.8 Å². The van der Waals surface area contributed by atoms with Gasteiger partial charge < -0.3 is 20.1 Å². The Labute approximate surface area is 211 Å². The summed E-state index contributed by atoms with van der Waals surface area (Å²) in [5.74, 6) is -0.916. The molecule has 0 bridgehead atoms. The standard InChI is InChI=1S/C25H24F2N8S/c1-32-11-13-33(14-12-32)18-6-5-17(20(26)21(18)27)29-25-30-23-16(7-9-28-23)24(31-25)35-19-4-2-3-15-8-10-34(36-35)22(15)19/h2-7,9H,8,10-14H2,1H3,(H2,28,29,30,31). The van der Waals surface area contributed by atoms with E-state index in [9.17, 15) is 0 Å². The lowest BCUT2D eigenvalue weighted by Gasteiger charge is -2.34. The largest absolute Gasteiger partial charge is 0.367 e. The second kappa shape index (κ2) is 8.24. The molecular weight excluding hydrogens is 482 g/mol. The van der Waals surface area contributed by atoms with Crippen molar-refractivity contribution < 1.29 is 8.78 Å². The van der Waals surface area contributed by atoms with Gasteiger partial charge in [0.2, 0.25) is 5.95 Å². The number of aromatic amines is 1. The first kappa shape index (κ1) is 21.7. The van der Waals surface area contributed by atoms with Crippen LogP contribution in [0.25, 0.3) is 11.0 Å². The van der Waals surface area contributed by atoms with E-state index in [1.54, 1.807) is 30.5 Å². The molecule has 5 heterocycles. The van der Waals surface area contributed by atoms with Gasteiger partial charge in [-0.15, -0.1) is 0 Å². The van der Waals surface area contributed by atoms with Crippen molar-refractivity contribution >= 4 is 57.7 Å². The Morgan fingerprint density at radius 1 is 0.944 bits per heavy atom. The molecular formula is C25H24F2N8S. The second-order valence-electron chi connectivity index (χ2n) is 9.30. The van der Waals surface area contributed by atoms with Gasteiger partial charge in [0.1, 0.15) is 5.65 Å². The number of piperazine rings is 1. The lowest BCUT2D eigenvalue weighted by Crippen LogP contribution is -2.44. The Morgan fingerprint density at radius 2 is 1.81 bits per heavy atom. The SMILES string of the molecule is CN1CCN(c2ccc(Nc3nc(N4SN5CCc6cccc4c65)c4cc[nH]c4n3)c(F)c2F)CC1. The minimum atomic E-state index is -0.936. The Hall–Kier alpha value is -3.57. The number of rotatable bonds is 4. The highest BCUT2D eigenvalue weighted by atomic mass is 32.2. The summed E-state index contributed by atoms with van der Waals surface area (Å²) in [7, 11) is 2.03. The van der Waals surface area contributed by atoms with Gasteiger partial charge in [0, 0.05) is 38.9 Å². The van der Waals surface area contributed by atoms with Gasteiger partial charge in [-0.2, -0.15) is 9.97 Å². The topological polar surface area (TPSA) is 66.6 Å². The number of H-pyrrole nitrogens is 1. The fraction of sp³-hybridized carbons (Fsp3) is 0.280. The van der Waals surface area contributed by atoms with Crippen molar-refractivity contribution in [3.63, 3.8) is 0 Å².